The van der Waals surface area contributed by atoms with E-state index in [0.717, 1.165) is 49.8 Å². The fraction of sp³-hybridized carbons (Fsp3) is 0.360. The average Bonchev–Trinajstić information content (AvgIpc) is 3.50. The molecule has 3 aliphatic rings. The van der Waals surface area contributed by atoms with Gasteiger partial charge in [-0.15, -0.1) is 0 Å². The van der Waals surface area contributed by atoms with Crippen LogP contribution in [-0.2, 0) is 4.79 Å². The Morgan fingerprint density at radius 1 is 1.22 bits per heavy atom. The summed E-state index contributed by atoms with van der Waals surface area (Å²) in [5.74, 6) is -0.853. The highest BCUT2D eigenvalue weighted by atomic mass is 32.2. The quantitative estimate of drug-likeness (QED) is 0.457. The zero-order valence-corrected chi connectivity index (χ0v) is 20.6. The molecule has 3 aliphatic heterocycles. The zero-order valence-electron chi connectivity index (χ0n) is 19.8. The second-order valence-corrected chi connectivity index (χ2v) is 9.74. The summed E-state index contributed by atoms with van der Waals surface area (Å²) >= 11 is 1.23. The maximum Gasteiger partial charge on any atom is 0.234 e. The molecule has 2 aromatic rings. The van der Waals surface area contributed by atoms with Gasteiger partial charge in [-0.05, 0) is 42.7 Å². The van der Waals surface area contributed by atoms with E-state index in [0.29, 0.717) is 5.17 Å². The molecule has 36 heavy (non-hydrogen) atoms. The number of thioether (sulfide) groups is 1. The summed E-state index contributed by atoms with van der Waals surface area (Å²) in [6.45, 7) is 2.87. The Labute approximate surface area is 212 Å². The van der Waals surface area contributed by atoms with Gasteiger partial charge in [-0.2, -0.15) is 5.10 Å². The van der Waals surface area contributed by atoms with Crippen molar-refractivity contribution in [3.63, 3.8) is 0 Å². The number of ether oxygens (including phenoxy) is 1. The summed E-state index contributed by atoms with van der Waals surface area (Å²) in [6, 6.07) is 11.4. The van der Waals surface area contributed by atoms with E-state index in [-0.39, 0.29) is 29.7 Å². The number of rotatable bonds is 8. The zero-order chi connectivity index (χ0) is 25.1. The number of hydrazine groups is 1. The van der Waals surface area contributed by atoms with Gasteiger partial charge in [0, 0.05) is 18.5 Å². The lowest BCUT2D eigenvalue weighted by atomic mass is 10.00. The van der Waals surface area contributed by atoms with Gasteiger partial charge in [0.1, 0.15) is 23.5 Å². The molecule has 0 aromatic heterocycles. The Bertz CT molecular complexity index is 1160. The van der Waals surface area contributed by atoms with Crippen LogP contribution in [0, 0.1) is 11.6 Å². The largest absolute Gasteiger partial charge is 0.494 e. The molecule has 1 saturated heterocycles. The number of benzene rings is 2. The minimum atomic E-state index is -0.685. The molecule has 3 atom stereocenters. The van der Waals surface area contributed by atoms with Crippen molar-refractivity contribution in [2.75, 3.05) is 17.7 Å². The van der Waals surface area contributed by atoms with Gasteiger partial charge in [0.15, 0.2) is 5.17 Å². The van der Waals surface area contributed by atoms with Crippen molar-refractivity contribution in [3.8, 4) is 5.75 Å². The first-order valence-corrected chi connectivity index (χ1v) is 12.9. The van der Waals surface area contributed by atoms with E-state index in [4.69, 9.17) is 4.74 Å². The number of fused-ring (bicyclic) bond motifs is 3. The number of hydrogen-bond donors (Lipinski definition) is 3. The standard InChI is InChI=1S/C25H28F2N6O2S/c1-2-3-12-35-18-7-4-16(5-8-18)20-14-22-24-29-30-25(32(24)10-11-33(22)31-20)36-15-23(34)28-21-13-17(26)6-9-19(21)27/h4-11,13,20,22,24,29,31H,2-3,12,14-15H2,1H3,(H,28,34). The number of carbonyl (C=O) groups excluding carboxylic acids is 1. The lowest BCUT2D eigenvalue weighted by molar-refractivity contribution is -0.113. The number of carbonyl (C=O) groups is 1. The van der Waals surface area contributed by atoms with E-state index >= 15 is 0 Å². The molecule has 0 aliphatic carbocycles. The number of halogens is 2. The summed E-state index contributed by atoms with van der Waals surface area (Å²) in [5.41, 5.74) is 7.73. The predicted octanol–water partition coefficient (Wildman–Crippen LogP) is 4.12. The van der Waals surface area contributed by atoms with Crippen molar-refractivity contribution in [2.24, 2.45) is 5.10 Å². The summed E-state index contributed by atoms with van der Waals surface area (Å²) in [7, 11) is 0. The first kappa shape index (κ1) is 24.4. The van der Waals surface area contributed by atoms with Crippen molar-refractivity contribution in [1.82, 2.24) is 20.8 Å². The highest BCUT2D eigenvalue weighted by molar-refractivity contribution is 8.14. The molecule has 0 saturated carbocycles. The Morgan fingerprint density at radius 3 is 2.86 bits per heavy atom. The number of hydrazone groups is 1. The predicted molar refractivity (Wildman–Crippen MR) is 136 cm³/mol. The highest BCUT2D eigenvalue weighted by Crippen LogP contribution is 2.35. The third-order valence-electron chi connectivity index (χ3n) is 6.29. The molecule has 11 heteroatoms. The summed E-state index contributed by atoms with van der Waals surface area (Å²) in [4.78, 5) is 14.3. The van der Waals surface area contributed by atoms with Crippen LogP contribution in [-0.4, -0.2) is 45.6 Å². The number of anilines is 1. The second-order valence-electron chi connectivity index (χ2n) is 8.80. The van der Waals surface area contributed by atoms with Crippen molar-refractivity contribution < 1.29 is 18.3 Å². The highest BCUT2D eigenvalue weighted by Gasteiger charge is 2.44. The van der Waals surface area contributed by atoms with Crippen LogP contribution < -0.4 is 20.9 Å². The molecule has 0 bridgehead atoms. The molecule has 1 amide bonds. The molecule has 2 aromatic carbocycles. The third kappa shape index (κ3) is 5.26. The first-order chi connectivity index (χ1) is 17.5. The molecule has 0 radical (unpaired) electrons. The van der Waals surface area contributed by atoms with Crippen molar-refractivity contribution in [1.29, 1.82) is 0 Å². The van der Waals surface area contributed by atoms with Crippen LogP contribution in [0.3, 0.4) is 0 Å². The number of nitrogens with one attached hydrogen (secondary N) is 3. The van der Waals surface area contributed by atoms with Crippen LogP contribution in [0.2, 0.25) is 0 Å². The molecule has 190 valence electrons. The number of amidine groups is 1. The minimum absolute atomic E-state index is 0.00938. The van der Waals surface area contributed by atoms with Gasteiger partial charge in [0.2, 0.25) is 5.91 Å². The van der Waals surface area contributed by atoms with Crippen LogP contribution >= 0.6 is 11.8 Å². The monoisotopic (exact) mass is 514 g/mol. The van der Waals surface area contributed by atoms with Gasteiger partial charge in [0.05, 0.1) is 30.1 Å². The Kier molecular flexibility index (Phi) is 7.28. The van der Waals surface area contributed by atoms with Crippen molar-refractivity contribution in [2.45, 2.75) is 44.4 Å². The number of hydrogen-bond acceptors (Lipinski definition) is 8. The molecule has 8 nitrogen and oxygen atoms in total. The maximum absolute atomic E-state index is 13.8. The molecule has 1 fully saturated rings. The fourth-order valence-corrected chi connectivity index (χ4v) is 5.18. The van der Waals surface area contributed by atoms with E-state index in [2.05, 4.69) is 45.3 Å². The van der Waals surface area contributed by atoms with Crippen LogP contribution in [0.4, 0.5) is 14.5 Å². The van der Waals surface area contributed by atoms with Crippen LogP contribution in [0.5, 0.6) is 5.75 Å². The molecule has 0 spiro atoms. The smallest absolute Gasteiger partial charge is 0.234 e. The van der Waals surface area contributed by atoms with E-state index in [1.807, 2.05) is 29.4 Å². The van der Waals surface area contributed by atoms with E-state index < -0.39 is 17.5 Å². The SMILES string of the molecule is CCCCOc1ccc(C2CC3C4NN=C(SCC(=O)Nc5cc(F)ccc5F)N4C=CN3N2)cc1. The summed E-state index contributed by atoms with van der Waals surface area (Å²) < 4.78 is 32.9. The van der Waals surface area contributed by atoms with E-state index in [1.165, 1.54) is 17.3 Å². The Balaban J connectivity index is 1.15. The fourth-order valence-electron chi connectivity index (χ4n) is 4.41. The Hall–Kier alpha value is -3.31. The van der Waals surface area contributed by atoms with Crippen LogP contribution in [0.25, 0.3) is 0 Å². The molecular formula is C25H28F2N6O2S. The molecule has 3 N–H and O–H groups in total. The summed E-state index contributed by atoms with van der Waals surface area (Å²) in [5, 5.41) is 9.56. The average molecular weight is 515 g/mol. The normalized spacial score (nSPS) is 22.1. The number of nitrogens with zero attached hydrogens (tertiary/aromatic N) is 3. The lowest BCUT2D eigenvalue weighted by Gasteiger charge is -2.36. The Morgan fingerprint density at radius 2 is 2.06 bits per heavy atom. The molecule has 3 unspecified atom stereocenters. The molecule has 3 heterocycles. The van der Waals surface area contributed by atoms with Crippen LogP contribution in [0.15, 0.2) is 60.0 Å². The van der Waals surface area contributed by atoms with Gasteiger partial charge in [-0.3, -0.25) is 10.2 Å². The van der Waals surface area contributed by atoms with Gasteiger partial charge >= 0.3 is 0 Å². The molecular weight excluding hydrogens is 486 g/mol. The van der Waals surface area contributed by atoms with Gasteiger partial charge in [0.25, 0.3) is 0 Å². The number of unbranched alkanes of at least 4 members (excludes halogenated alkanes) is 1. The minimum Gasteiger partial charge on any atom is -0.494 e. The van der Waals surface area contributed by atoms with E-state index in [9.17, 15) is 13.6 Å². The van der Waals surface area contributed by atoms with E-state index in [1.54, 1.807) is 0 Å². The third-order valence-corrected chi connectivity index (χ3v) is 7.26. The van der Waals surface area contributed by atoms with Gasteiger partial charge < -0.3 is 20.0 Å². The lowest BCUT2D eigenvalue weighted by Crippen LogP contribution is -2.54. The van der Waals surface area contributed by atoms with Crippen LogP contribution in [0.1, 0.15) is 37.8 Å². The van der Waals surface area contributed by atoms with Crippen molar-refractivity contribution in [3.05, 3.63) is 72.1 Å². The topological polar surface area (TPSA) is 81.2 Å². The maximum atomic E-state index is 13.8. The van der Waals surface area contributed by atoms with Gasteiger partial charge in [-0.1, -0.05) is 37.2 Å². The summed E-state index contributed by atoms with van der Waals surface area (Å²) in [6.07, 6.45) is 6.80. The number of amides is 1. The molecule has 5 rings (SSSR count). The van der Waals surface area contributed by atoms with Crippen molar-refractivity contribution >= 4 is 28.5 Å². The first-order valence-electron chi connectivity index (χ1n) is 12.0. The van der Waals surface area contributed by atoms with Gasteiger partial charge in [-0.25, -0.2) is 14.2 Å². The second kappa shape index (κ2) is 10.8.